The fourth-order valence-corrected chi connectivity index (χ4v) is 3.55. The number of ether oxygens (including phenoxy) is 1. The van der Waals surface area contributed by atoms with Crippen LogP contribution in [0.25, 0.3) is 0 Å². The van der Waals surface area contributed by atoms with Crippen molar-refractivity contribution in [2.24, 2.45) is 0 Å². The predicted octanol–water partition coefficient (Wildman–Crippen LogP) is 4.18. The van der Waals surface area contributed by atoms with Crippen molar-refractivity contribution >= 4 is 23.4 Å². The van der Waals surface area contributed by atoms with Crippen LogP contribution in [0.5, 0.6) is 5.75 Å². The monoisotopic (exact) mass is 414 g/mol. The molecule has 154 valence electrons. The molecule has 6 heteroatoms. The van der Waals surface area contributed by atoms with E-state index in [9.17, 15) is 9.59 Å². The fourth-order valence-electron chi connectivity index (χ4n) is 3.43. The first-order valence-electron chi connectivity index (χ1n) is 10.1. The van der Waals surface area contributed by atoms with E-state index < -0.39 is 0 Å². The van der Waals surface area contributed by atoms with Crippen LogP contribution >= 0.6 is 11.6 Å². The molecule has 2 aromatic carbocycles. The molecule has 1 fully saturated rings. The summed E-state index contributed by atoms with van der Waals surface area (Å²) in [7, 11) is 0. The van der Waals surface area contributed by atoms with Gasteiger partial charge in [-0.2, -0.15) is 0 Å². The van der Waals surface area contributed by atoms with Crippen molar-refractivity contribution in [2.75, 3.05) is 32.8 Å². The molecule has 1 saturated heterocycles. The molecule has 29 heavy (non-hydrogen) atoms. The SMILES string of the molecule is Cc1ccccc1OCCCC(=O)N1CCCN(C(=O)c2ccc(Cl)cc2)CC1. The summed E-state index contributed by atoms with van der Waals surface area (Å²) in [5.74, 6) is 0.979. The maximum absolute atomic E-state index is 12.7. The van der Waals surface area contributed by atoms with Crippen LogP contribution in [0.15, 0.2) is 48.5 Å². The molecule has 1 aliphatic rings. The minimum atomic E-state index is -0.0115. The number of hydrogen-bond donors (Lipinski definition) is 0. The summed E-state index contributed by atoms with van der Waals surface area (Å²) in [6, 6.07) is 14.8. The molecule has 2 amide bonds. The van der Waals surface area contributed by atoms with E-state index in [1.165, 1.54) is 0 Å². The normalized spacial score (nSPS) is 14.4. The minimum absolute atomic E-state index is 0.0115. The topological polar surface area (TPSA) is 49.9 Å². The number of nitrogens with zero attached hydrogens (tertiary/aromatic N) is 2. The van der Waals surface area contributed by atoms with Crippen LogP contribution < -0.4 is 4.74 Å². The van der Waals surface area contributed by atoms with Crippen molar-refractivity contribution in [3.05, 3.63) is 64.7 Å². The van der Waals surface area contributed by atoms with Gasteiger partial charge in [0.2, 0.25) is 5.91 Å². The van der Waals surface area contributed by atoms with E-state index in [1.54, 1.807) is 24.3 Å². The van der Waals surface area contributed by atoms with Crippen LogP contribution in [0.4, 0.5) is 0 Å². The number of carbonyl (C=O) groups excluding carboxylic acids is 2. The van der Waals surface area contributed by atoms with E-state index in [0.29, 0.717) is 56.2 Å². The number of rotatable bonds is 6. The zero-order chi connectivity index (χ0) is 20.6. The molecule has 1 heterocycles. The molecule has 3 rings (SSSR count). The number of halogens is 1. The van der Waals surface area contributed by atoms with Crippen LogP contribution in [-0.2, 0) is 4.79 Å². The zero-order valence-electron chi connectivity index (χ0n) is 16.8. The smallest absolute Gasteiger partial charge is 0.253 e. The summed E-state index contributed by atoms with van der Waals surface area (Å²) in [6.45, 7) is 4.98. The number of hydrogen-bond acceptors (Lipinski definition) is 3. The maximum atomic E-state index is 12.7. The summed E-state index contributed by atoms with van der Waals surface area (Å²) < 4.78 is 5.77. The first-order chi connectivity index (χ1) is 14.0. The molecule has 0 atom stereocenters. The Balaban J connectivity index is 1.43. The zero-order valence-corrected chi connectivity index (χ0v) is 17.5. The molecule has 0 saturated carbocycles. The van der Waals surface area contributed by atoms with E-state index in [-0.39, 0.29) is 11.8 Å². The van der Waals surface area contributed by atoms with Crippen LogP contribution in [-0.4, -0.2) is 54.4 Å². The van der Waals surface area contributed by atoms with Gasteiger partial charge in [-0.3, -0.25) is 9.59 Å². The van der Waals surface area contributed by atoms with Crippen LogP contribution in [0, 0.1) is 6.92 Å². The van der Waals surface area contributed by atoms with Crippen LogP contribution in [0.3, 0.4) is 0 Å². The second kappa shape index (κ2) is 10.3. The average Bonchev–Trinajstić information content (AvgIpc) is 2.99. The quantitative estimate of drug-likeness (QED) is 0.666. The third-order valence-electron chi connectivity index (χ3n) is 5.11. The molecule has 0 aromatic heterocycles. The van der Waals surface area contributed by atoms with Gasteiger partial charge in [-0.25, -0.2) is 0 Å². The number of aryl methyl sites for hydroxylation is 1. The van der Waals surface area contributed by atoms with Gasteiger partial charge in [0.15, 0.2) is 0 Å². The second-order valence-electron chi connectivity index (χ2n) is 7.25. The summed E-state index contributed by atoms with van der Waals surface area (Å²) >= 11 is 5.90. The van der Waals surface area contributed by atoms with Gasteiger partial charge in [0.05, 0.1) is 6.61 Å². The number of para-hydroxylation sites is 1. The lowest BCUT2D eigenvalue weighted by atomic mass is 10.2. The molecule has 1 aliphatic heterocycles. The molecule has 0 radical (unpaired) electrons. The predicted molar refractivity (Wildman–Crippen MR) is 114 cm³/mol. The Morgan fingerprint density at radius 1 is 0.966 bits per heavy atom. The molecule has 0 N–H and O–H groups in total. The van der Waals surface area contributed by atoms with Gasteiger partial charge in [-0.1, -0.05) is 29.8 Å². The van der Waals surface area contributed by atoms with E-state index in [0.717, 1.165) is 17.7 Å². The second-order valence-corrected chi connectivity index (χ2v) is 7.69. The number of amides is 2. The maximum Gasteiger partial charge on any atom is 0.253 e. The molecule has 2 aromatic rings. The largest absolute Gasteiger partial charge is 0.493 e. The van der Waals surface area contributed by atoms with Gasteiger partial charge in [-0.15, -0.1) is 0 Å². The van der Waals surface area contributed by atoms with Crippen molar-refractivity contribution in [3.8, 4) is 5.75 Å². The fraction of sp³-hybridized carbons (Fsp3) is 0.391. The van der Waals surface area contributed by atoms with E-state index in [1.807, 2.05) is 41.0 Å². The number of carbonyl (C=O) groups is 2. The van der Waals surface area contributed by atoms with Crippen molar-refractivity contribution in [2.45, 2.75) is 26.2 Å². The van der Waals surface area contributed by atoms with Crippen molar-refractivity contribution < 1.29 is 14.3 Å². The molecule has 0 spiro atoms. The van der Waals surface area contributed by atoms with Crippen molar-refractivity contribution in [1.29, 1.82) is 0 Å². The first kappa shape index (κ1) is 21.2. The van der Waals surface area contributed by atoms with Gasteiger partial charge in [0.1, 0.15) is 5.75 Å². The first-order valence-corrected chi connectivity index (χ1v) is 10.4. The Morgan fingerprint density at radius 2 is 1.66 bits per heavy atom. The Hall–Kier alpha value is -2.53. The lowest BCUT2D eigenvalue weighted by Crippen LogP contribution is -2.37. The molecule has 0 aliphatic carbocycles. The minimum Gasteiger partial charge on any atom is -0.493 e. The Morgan fingerprint density at radius 3 is 2.41 bits per heavy atom. The van der Waals surface area contributed by atoms with E-state index >= 15 is 0 Å². The van der Waals surface area contributed by atoms with Gasteiger partial charge in [0, 0.05) is 43.2 Å². The summed E-state index contributed by atoms with van der Waals surface area (Å²) in [4.78, 5) is 28.9. The molecular formula is C23H27ClN2O3. The standard InChI is InChI=1S/C23H27ClN2O3/c1-18-6-2-3-7-21(18)29-17-4-8-22(27)25-13-5-14-26(16-15-25)23(28)19-9-11-20(24)12-10-19/h2-3,6-7,9-12H,4-5,8,13-17H2,1H3. The van der Waals surface area contributed by atoms with E-state index in [2.05, 4.69) is 0 Å². The average molecular weight is 415 g/mol. The van der Waals surface area contributed by atoms with Crippen molar-refractivity contribution in [1.82, 2.24) is 9.80 Å². The van der Waals surface area contributed by atoms with E-state index in [4.69, 9.17) is 16.3 Å². The highest BCUT2D eigenvalue weighted by molar-refractivity contribution is 6.30. The molecular weight excluding hydrogens is 388 g/mol. The summed E-state index contributed by atoms with van der Waals surface area (Å²) in [6.07, 6.45) is 1.92. The number of benzene rings is 2. The lowest BCUT2D eigenvalue weighted by molar-refractivity contribution is -0.131. The highest BCUT2D eigenvalue weighted by atomic mass is 35.5. The summed E-state index contributed by atoms with van der Waals surface area (Å²) in [5.41, 5.74) is 1.72. The van der Waals surface area contributed by atoms with Gasteiger partial charge < -0.3 is 14.5 Å². The van der Waals surface area contributed by atoms with Gasteiger partial charge >= 0.3 is 0 Å². The Kier molecular flexibility index (Phi) is 7.53. The third kappa shape index (κ3) is 5.97. The van der Waals surface area contributed by atoms with Gasteiger partial charge in [-0.05, 0) is 55.7 Å². The third-order valence-corrected chi connectivity index (χ3v) is 5.37. The molecule has 0 bridgehead atoms. The highest BCUT2D eigenvalue weighted by Gasteiger charge is 2.22. The molecule has 5 nitrogen and oxygen atoms in total. The highest BCUT2D eigenvalue weighted by Crippen LogP contribution is 2.17. The Labute approximate surface area is 177 Å². The lowest BCUT2D eigenvalue weighted by Gasteiger charge is -2.22. The van der Waals surface area contributed by atoms with Gasteiger partial charge in [0.25, 0.3) is 5.91 Å². The van der Waals surface area contributed by atoms with Crippen LogP contribution in [0.2, 0.25) is 5.02 Å². The summed E-state index contributed by atoms with van der Waals surface area (Å²) in [5, 5.41) is 0.612. The van der Waals surface area contributed by atoms with Crippen molar-refractivity contribution in [3.63, 3.8) is 0 Å². The molecule has 0 unspecified atom stereocenters. The Bertz CT molecular complexity index is 838. The van der Waals surface area contributed by atoms with Crippen LogP contribution in [0.1, 0.15) is 35.2 Å².